The first-order chi connectivity index (χ1) is 9.69. The zero-order valence-electron chi connectivity index (χ0n) is 12.3. The Morgan fingerprint density at radius 1 is 1.50 bits per heavy atom. The van der Waals surface area contributed by atoms with Crippen LogP contribution < -0.4 is 4.74 Å². The van der Waals surface area contributed by atoms with Crippen molar-refractivity contribution in [3.63, 3.8) is 0 Å². The summed E-state index contributed by atoms with van der Waals surface area (Å²) in [5.41, 5.74) is 1.08. The van der Waals surface area contributed by atoms with Gasteiger partial charge in [0.2, 0.25) is 0 Å². The van der Waals surface area contributed by atoms with Crippen LogP contribution in [0.5, 0.6) is 5.75 Å². The highest BCUT2D eigenvalue weighted by Gasteiger charge is 2.21. The Morgan fingerprint density at radius 3 is 3.00 bits per heavy atom. The van der Waals surface area contributed by atoms with Crippen molar-refractivity contribution in [3.8, 4) is 5.75 Å². The Labute approximate surface area is 120 Å². The second-order valence-electron chi connectivity index (χ2n) is 5.61. The van der Waals surface area contributed by atoms with Crippen LogP contribution in [-0.2, 0) is 0 Å². The molecular weight excluding hydrogens is 254 g/mol. The lowest BCUT2D eigenvalue weighted by Crippen LogP contribution is -2.42. The fraction of sp³-hybridized carbons (Fsp3) is 0.667. The molecule has 0 unspecified atom stereocenters. The third-order valence-electron chi connectivity index (χ3n) is 3.62. The van der Waals surface area contributed by atoms with Gasteiger partial charge in [0.05, 0.1) is 12.7 Å². The SMILES string of the molecule is CC(C)c1ccc(O[C@H]2CCCN(CCN=O)C2)cn1. The summed E-state index contributed by atoms with van der Waals surface area (Å²) in [5, 5.41) is 2.92. The predicted molar refractivity (Wildman–Crippen MR) is 79.1 cm³/mol. The maximum atomic E-state index is 10.2. The van der Waals surface area contributed by atoms with Gasteiger partial charge in [0, 0.05) is 18.8 Å². The zero-order valence-corrected chi connectivity index (χ0v) is 12.3. The van der Waals surface area contributed by atoms with Crippen LogP contribution in [-0.4, -0.2) is 42.2 Å². The fourth-order valence-corrected chi connectivity index (χ4v) is 2.49. The number of hydrogen-bond donors (Lipinski definition) is 0. The molecule has 1 aliphatic rings. The van der Waals surface area contributed by atoms with E-state index < -0.39 is 0 Å². The summed E-state index contributed by atoms with van der Waals surface area (Å²) in [7, 11) is 0. The van der Waals surface area contributed by atoms with Crippen LogP contribution in [0.2, 0.25) is 0 Å². The molecule has 0 amide bonds. The highest BCUT2D eigenvalue weighted by atomic mass is 16.5. The van der Waals surface area contributed by atoms with Crippen LogP contribution in [0.3, 0.4) is 0 Å². The summed E-state index contributed by atoms with van der Waals surface area (Å²) in [6.07, 6.45) is 4.14. The van der Waals surface area contributed by atoms with Crippen molar-refractivity contribution in [3.05, 3.63) is 28.9 Å². The van der Waals surface area contributed by atoms with Gasteiger partial charge in [-0.1, -0.05) is 19.0 Å². The number of rotatable bonds is 6. The van der Waals surface area contributed by atoms with E-state index in [9.17, 15) is 4.91 Å². The van der Waals surface area contributed by atoms with Crippen molar-refractivity contribution < 1.29 is 4.74 Å². The monoisotopic (exact) mass is 277 g/mol. The molecule has 110 valence electrons. The average molecular weight is 277 g/mol. The lowest BCUT2D eigenvalue weighted by Gasteiger charge is -2.32. The maximum Gasteiger partial charge on any atom is 0.138 e. The number of piperidine rings is 1. The summed E-state index contributed by atoms with van der Waals surface area (Å²) < 4.78 is 5.99. The molecule has 2 rings (SSSR count). The molecule has 1 fully saturated rings. The van der Waals surface area contributed by atoms with E-state index in [0.29, 0.717) is 12.5 Å². The van der Waals surface area contributed by atoms with E-state index in [1.165, 1.54) is 0 Å². The highest BCUT2D eigenvalue weighted by Crippen LogP contribution is 2.20. The quantitative estimate of drug-likeness (QED) is 0.750. The molecule has 20 heavy (non-hydrogen) atoms. The molecule has 2 heterocycles. The number of ether oxygens (including phenoxy) is 1. The Hall–Kier alpha value is -1.49. The highest BCUT2D eigenvalue weighted by molar-refractivity contribution is 5.21. The van der Waals surface area contributed by atoms with Crippen LogP contribution >= 0.6 is 0 Å². The van der Waals surface area contributed by atoms with Gasteiger partial charge in [-0.3, -0.25) is 9.88 Å². The number of nitroso groups, excluding NO2 is 1. The van der Waals surface area contributed by atoms with Gasteiger partial charge in [-0.25, -0.2) is 0 Å². The van der Waals surface area contributed by atoms with Crippen molar-refractivity contribution in [1.82, 2.24) is 9.88 Å². The maximum absolute atomic E-state index is 10.2. The van der Waals surface area contributed by atoms with Gasteiger partial charge in [-0.15, -0.1) is 0 Å². The van der Waals surface area contributed by atoms with Crippen molar-refractivity contribution in [1.29, 1.82) is 0 Å². The normalized spacial score (nSPS) is 20.1. The molecule has 0 aliphatic carbocycles. The van der Waals surface area contributed by atoms with Crippen molar-refractivity contribution in [2.45, 2.75) is 38.7 Å². The standard InChI is InChI=1S/C15H23N3O2/c1-12(2)15-6-5-13(10-16-15)20-14-4-3-8-18(11-14)9-7-17-19/h5-6,10,12,14H,3-4,7-9,11H2,1-2H3/t14-/m0/s1. The number of hydrogen-bond acceptors (Lipinski definition) is 5. The summed E-state index contributed by atoms with van der Waals surface area (Å²) >= 11 is 0. The van der Waals surface area contributed by atoms with Gasteiger partial charge in [-0.2, -0.15) is 4.91 Å². The van der Waals surface area contributed by atoms with Crippen molar-refractivity contribution in [2.24, 2.45) is 5.18 Å². The van der Waals surface area contributed by atoms with E-state index in [1.807, 2.05) is 12.1 Å². The molecule has 0 N–H and O–H groups in total. The van der Waals surface area contributed by atoms with Crippen LogP contribution in [0.15, 0.2) is 23.5 Å². The molecule has 0 bridgehead atoms. The van der Waals surface area contributed by atoms with E-state index in [2.05, 4.69) is 28.9 Å². The van der Waals surface area contributed by atoms with Gasteiger partial charge in [0.1, 0.15) is 11.9 Å². The van der Waals surface area contributed by atoms with Crippen LogP contribution in [0, 0.1) is 4.91 Å². The molecule has 0 spiro atoms. The molecule has 1 atom stereocenters. The first-order valence-electron chi connectivity index (χ1n) is 7.33. The van der Waals surface area contributed by atoms with Gasteiger partial charge in [0.15, 0.2) is 0 Å². The molecule has 1 aromatic heterocycles. The third-order valence-corrected chi connectivity index (χ3v) is 3.62. The first-order valence-corrected chi connectivity index (χ1v) is 7.33. The van der Waals surface area contributed by atoms with Crippen LogP contribution in [0.4, 0.5) is 0 Å². The summed E-state index contributed by atoms with van der Waals surface area (Å²) in [6.45, 7) is 7.23. The Kier molecular flexibility index (Phi) is 5.47. The number of nitrogens with zero attached hydrogens (tertiary/aromatic N) is 3. The largest absolute Gasteiger partial charge is 0.487 e. The minimum atomic E-state index is 0.183. The minimum absolute atomic E-state index is 0.183. The second-order valence-corrected chi connectivity index (χ2v) is 5.61. The van der Waals surface area contributed by atoms with Gasteiger partial charge in [0.25, 0.3) is 0 Å². The number of aromatic nitrogens is 1. The van der Waals surface area contributed by atoms with Crippen molar-refractivity contribution in [2.75, 3.05) is 26.2 Å². The third kappa shape index (κ3) is 4.27. The molecular formula is C15H23N3O2. The smallest absolute Gasteiger partial charge is 0.138 e. The van der Waals surface area contributed by atoms with Gasteiger partial charge < -0.3 is 4.74 Å². The van der Waals surface area contributed by atoms with Crippen LogP contribution in [0.25, 0.3) is 0 Å². The molecule has 5 nitrogen and oxygen atoms in total. The fourth-order valence-electron chi connectivity index (χ4n) is 2.49. The Bertz CT molecular complexity index is 420. The minimum Gasteiger partial charge on any atom is -0.487 e. The van der Waals surface area contributed by atoms with E-state index >= 15 is 0 Å². The Balaban J connectivity index is 1.87. The average Bonchev–Trinajstić information content (AvgIpc) is 2.46. The van der Waals surface area contributed by atoms with E-state index in [4.69, 9.17) is 4.74 Å². The van der Waals surface area contributed by atoms with Gasteiger partial charge in [-0.05, 0) is 37.4 Å². The lowest BCUT2D eigenvalue weighted by molar-refractivity contribution is 0.0902. The number of likely N-dealkylation sites (tertiary alicyclic amines) is 1. The topological polar surface area (TPSA) is 54.8 Å². The zero-order chi connectivity index (χ0) is 14.4. The summed E-state index contributed by atoms with van der Waals surface area (Å²) in [4.78, 5) is 16.8. The molecule has 0 saturated carbocycles. The molecule has 1 aliphatic heterocycles. The van der Waals surface area contributed by atoms with E-state index in [1.54, 1.807) is 6.20 Å². The molecule has 0 aromatic carbocycles. The lowest BCUT2D eigenvalue weighted by atomic mass is 10.1. The first kappa shape index (κ1) is 14.9. The molecule has 1 saturated heterocycles. The Morgan fingerprint density at radius 2 is 2.35 bits per heavy atom. The van der Waals surface area contributed by atoms with Crippen LogP contribution in [0.1, 0.15) is 38.3 Å². The second kappa shape index (κ2) is 7.33. The van der Waals surface area contributed by atoms with Crippen molar-refractivity contribution >= 4 is 0 Å². The summed E-state index contributed by atoms with van der Waals surface area (Å²) in [5.74, 6) is 1.26. The molecule has 0 radical (unpaired) electrons. The van der Waals surface area contributed by atoms with E-state index in [0.717, 1.165) is 43.9 Å². The molecule has 1 aromatic rings. The molecule has 5 heteroatoms. The predicted octanol–water partition coefficient (Wildman–Crippen LogP) is 2.81. The number of pyridine rings is 1. The van der Waals surface area contributed by atoms with E-state index in [-0.39, 0.29) is 6.10 Å². The summed E-state index contributed by atoms with van der Waals surface area (Å²) in [6, 6.07) is 4.02. The van der Waals surface area contributed by atoms with Gasteiger partial charge >= 0.3 is 0 Å².